The van der Waals surface area contributed by atoms with Crippen molar-refractivity contribution in [1.29, 1.82) is 0 Å². The first-order valence-corrected chi connectivity index (χ1v) is 9.38. The third kappa shape index (κ3) is 2.44. The number of aromatic nitrogens is 1. The lowest BCUT2D eigenvalue weighted by Crippen LogP contribution is -2.35. The predicted molar refractivity (Wildman–Crippen MR) is 90.5 cm³/mol. The number of nitrogens with zero attached hydrogens (tertiary/aromatic N) is 2. The van der Waals surface area contributed by atoms with E-state index in [9.17, 15) is 4.79 Å². The highest BCUT2D eigenvalue weighted by atomic mass is 32.1. The van der Waals surface area contributed by atoms with Gasteiger partial charge in [0.15, 0.2) is 5.13 Å². The summed E-state index contributed by atoms with van der Waals surface area (Å²) in [4.78, 5) is 22.6. The smallest absolute Gasteiger partial charge is 0.264 e. The van der Waals surface area contributed by atoms with Gasteiger partial charge in [-0.15, -0.1) is 22.7 Å². The average Bonchev–Trinajstić information content (AvgIpc) is 3.07. The number of hydrogen-bond donors (Lipinski definition) is 1. The number of carbonyl (C=O) groups excluding carboxylic acids is 1. The fourth-order valence-corrected chi connectivity index (χ4v) is 5.43. The molecule has 1 aliphatic carbocycles. The van der Waals surface area contributed by atoms with Gasteiger partial charge in [-0.05, 0) is 36.8 Å². The Morgan fingerprint density at radius 3 is 3.09 bits per heavy atom. The van der Waals surface area contributed by atoms with Crippen LogP contribution in [-0.4, -0.2) is 22.3 Å². The maximum Gasteiger partial charge on any atom is 0.264 e. The third-order valence-corrected chi connectivity index (χ3v) is 6.71. The number of fused-ring (bicyclic) bond motifs is 2. The van der Waals surface area contributed by atoms with Crippen LogP contribution in [0, 0.1) is 5.92 Å². The summed E-state index contributed by atoms with van der Waals surface area (Å²) in [7, 11) is 0. The summed E-state index contributed by atoms with van der Waals surface area (Å²) in [5.74, 6) is 0.910. The van der Waals surface area contributed by atoms with E-state index in [1.807, 2.05) is 4.90 Å². The Balaban J connectivity index is 1.55. The summed E-state index contributed by atoms with van der Waals surface area (Å²) >= 11 is 3.21. The van der Waals surface area contributed by atoms with Crippen molar-refractivity contribution < 1.29 is 4.79 Å². The molecule has 22 heavy (non-hydrogen) atoms. The van der Waals surface area contributed by atoms with E-state index in [0.29, 0.717) is 11.7 Å². The molecule has 2 aliphatic rings. The van der Waals surface area contributed by atoms with Crippen molar-refractivity contribution in [2.75, 3.05) is 12.3 Å². The van der Waals surface area contributed by atoms with E-state index in [1.165, 1.54) is 28.2 Å². The highest BCUT2D eigenvalue weighted by Crippen LogP contribution is 2.34. The van der Waals surface area contributed by atoms with Gasteiger partial charge in [-0.3, -0.25) is 4.79 Å². The van der Waals surface area contributed by atoms with E-state index in [1.54, 1.807) is 11.3 Å². The molecule has 1 aliphatic heterocycles. The van der Waals surface area contributed by atoms with E-state index in [2.05, 4.69) is 18.0 Å². The molecule has 0 aromatic carbocycles. The number of aryl methyl sites for hydroxylation is 1. The number of nitrogens with two attached hydrogens (primary N) is 1. The second kappa shape index (κ2) is 5.35. The Hall–Kier alpha value is -1.40. The molecule has 4 nitrogen and oxygen atoms in total. The first-order valence-electron chi connectivity index (χ1n) is 7.75. The quantitative estimate of drug-likeness (QED) is 0.872. The molecule has 2 N–H and O–H groups in total. The minimum atomic E-state index is 0.171. The molecule has 0 spiro atoms. The summed E-state index contributed by atoms with van der Waals surface area (Å²) in [6.45, 7) is 3.69. The van der Waals surface area contributed by atoms with Crippen molar-refractivity contribution in [1.82, 2.24) is 9.88 Å². The SMILES string of the molecule is C[C@@H]1CCc2sc(C(=O)N3CCc4nc(N)sc4C3)cc2C1. The molecule has 0 unspecified atom stereocenters. The van der Waals surface area contributed by atoms with Crippen LogP contribution in [0.1, 0.15) is 44.0 Å². The Morgan fingerprint density at radius 1 is 1.36 bits per heavy atom. The van der Waals surface area contributed by atoms with Gasteiger partial charge in [-0.2, -0.15) is 0 Å². The minimum absolute atomic E-state index is 0.171. The molecule has 3 heterocycles. The number of anilines is 1. The number of thiazole rings is 1. The monoisotopic (exact) mass is 333 g/mol. The summed E-state index contributed by atoms with van der Waals surface area (Å²) in [5, 5.41) is 0.611. The molecular formula is C16H19N3OS2. The topological polar surface area (TPSA) is 59.2 Å². The lowest BCUT2D eigenvalue weighted by Gasteiger charge is -2.25. The van der Waals surface area contributed by atoms with Gasteiger partial charge in [-0.1, -0.05) is 6.92 Å². The first kappa shape index (κ1) is 14.2. The fourth-order valence-electron chi connectivity index (χ4n) is 3.36. The normalized spacial score (nSPS) is 20.6. The minimum Gasteiger partial charge on any atom is -0.375 e. The van der Waals surface area contributed by atoms with Gasteiger partial charge in [0.2, 0.25) is 0 Å². The van der Waals surface area contributed by atoms with E-state index in [4.69, 9.17) is 5.73 Å². The summed E-state index contributed by atoms with van der Waals surface area (Å²) in [6.07, 6.45) is 4.31. The second-order valence-corrected chi connectivity index (χ2v) is 8.56. The Kier molecular flexibility index (Phi) is 3.46. The molecule has 0 bridgehead atoms. The maximum absolute atomic E-state index is 12.8. The van der Waals surface area contributed by atoms with Crippen molar-refractivity contribution in [2.24, 2.45) is 5.92 Å². The Labute approximate surface area is 138 Å². The fraction of sp³-hybridized carbons (Fsp3) is 0.500. The molecule has 2 aromatic rings. The van der Waals surface area contributed by atoms with Gasteiger partial charge >= 0.3 is 0 Å². The van der Waals surface area contributed by atoms with Gasteiger partial charge in [0.25, 0.3) is 5.91 Å². The summed E-state index contributed by atoms with van der Waals surface area (Å²) in [5.41, 5.74) is 8.25. The summed E-state index contributed by atoms with van der Waals surface area (Å²) in [6, 6.07) is 2.13. The number of amides is 1. The molecule has 0 radical (unpaired) electrons. The molecule has 1 amide bonds. The molecule has 2 aromatic heterocycles. The number of thiophene rings is 1. The third-order valence-electron chi connectivity index (χ3n) is 4.57. The van der Waals surface area contributed by atoms with E-state index < -0.39 is 0 Å². The molecule has 6 heteroatoms. The molecule has 4 rings (SSSR count). The highest BCUT2D eigenvalue weighted by molar-refractivity contribution is 7.15. The zero-order chi connectivity index (χ0) is 15.3. The molecule has 116 valence electrons. The highest BCUT2D eigenvalue weighted by Gasteiger charge is 2.27. The molecular weight excluding hydrogens is 314 g/mol. The van der Waals surface area contributed by atoms with E-state index >= 15 is 0 Å². The maximum atomic E-state index is 12.8. The van der Waals surface area contributed by atoms with Crippen LogP contribution in [-0.2, 0) is 25.8 Å². The average molecular weight is 333 g/mol. The van der Waals surface area contributed by atoms with Crippen LogP contribution in [0.3, 0.4) is 0 Å². The van der Waals surface area contributed by atoms with Gasteiger partial charge in [-0.25, -0.2) is 4.98 Å². The van der Waals surface area contributed by atoms with Crippen molar-refractivity contribution in [3.8, 4) is 0 Å². The van der Waals surface area contributed by atoms with Crippen LogP contribution >= 0.6 is 22.7 Å². The number of nitrogen functional groups attached to an aromatic ring is 1. The van der Waals surface area contributed by atoms with Crippen molar-refractivity contribution in [3.63, 3.8) is 0 Å². The molecule has 0 saturated carbocycles. The number of hydrogen-bond acceptors (Lipinski definition) is 5. The van der Waals surface area contributed by atoms with Crippen molar-refractivity contribution in [3.05, 3.63) is 32.0 Å². The zero-order valence-electron chi connectivity index (χ0n) is 12.6. The largest absolute Gasteiger partial charge is 0.375 e. The zero-order valence-corrected chi connectivity index (χ0v) is 14.2. The Morgan fingerprint density at radius 2 is 2.23 bits per heavy atom. The summed E-state index contributed by atoms with van der Waals surface area (Å²) < 4.78 is 0. The van der Waals surface area contributed by atoms with Gasteiger partial charge in [0, 0.05) is 22.7 Å². The Bertz CT molecular complexity index is 734. The van der Waals surface area contributed by atoms with Crippen LogP contribution in [0.4, 0.5) is 5.13 Å². The van der Waals surface area contributed by atoms with Gasteiger partial charge in [0.05, 0.1) is 17.1 Å². The molecule has 0 fully saturated rings. The van der Waals surface area contributed by atoms with Crippen LogP contribution in [0.2, 0.25) is 0 Å². The first-order chi connectivity index (χ1) is 10.6. The lowest BCUT2D eigenvalue weighted by molar-refractivity contribution is 0.0741. The van der Waals surface area contributed by atoms with E-state index in [-0.39, 0.29) is 5.91 Å². The lowest BCUT2D eigenvalue weighted by atomic mass is 9.90. The molecule has 0 saturated heterocycles. The predicted octanol–water partition coefficient (Wildman–Crippen LogP) is 3.11. The molecule has 1 atom stereocenters. The van der Waals surface area contributed by atoms with Crippen molar-refractivity contribution in [2.45, 2.75) is 39.2 Å². The van der Waals surface area contributed by atoms with Crippen LogP contribution in [0.25, 0.3) is 0 Å². The van der Waals surface area contributed by atoms with E-state index in [0.717, 1.165) is 47.2 Å². The van der Waals surface area contributed by atoms with Gasteiger partial charge in [0.1, 0.15) is 0 Å². The number of carbonyl (C=O) groups is 1. The van der Waals surface area contributed by atoms with Gasteiger partial charge < -0.3 is 10.6 Å². The number of rotatable bonds is 1. The standard InChI is InChI=1S/C16H19N3OS2/c1-9-2-3-12-10(6-9)7-13(21-12)15(20)19-5-4-11-14(8-19)22-16(17)18-11/h7,9H,2-6,8H2,1H3,(H2,17,18)/t9-/m1/s1. The van der Waals surface area contributed by atoms with Crippen molar-refractivity contribution >= 4 is 33.7 Å². The van der Waals surface area contributed by atoms with Crippen LogP contribution < -0.4 is 5.73 Å². The van der Waals surface area contributed by atoms with Crippen LogP contribution in [0.5, 0.6) is 0 Å². The second-order valence-electron chi connectivity index (χ2n) is 6.31. The van der Waals surface area contributed by atoms with Crippen LogP contribution in [0.15, 0.2) is 6.07 Å².